The molecule has 0 radical (unpaired) electrons. The Morgan fingerprint density at radius 1 is 0.520 bits per heavy atom. The molecular formula is C45H50Br2OSi2. The van der Waals surface area contributed by atoms with Crippen LogP contribution in [0.4, 0.5) is 0 Å². The molecule has 0 fully saturated rings. The van der Waals surface area contributed by atoms with E-state index in [4.69, 9.17) is 0 Å². The highest BCUT2D eigenvalue weighted by Gasteiger charge is 2.43. The lowest BCUT2D eigenvalue weighted by atomic mass is 9.79. The van der Waals surface area contributed by atoms with Crippen molar-refractivity contribution in [2.45, 2.75) is 116 Å². The van der Waals surface area contributed by atoms with Crippen LogP contribution in [0.1, 0.15) is 110 Å². The Balaban J connectivity index is 1.81. The molecule has 1 aliphatic rings. The van der Waals surface area contributed by atoms with Crippen molar-refractivity contribution >= 4 is 100 Å². The number of hydrogen-bond acceptors (Lipinski definition) is 1. The molecule has 0 unspecified atom stereocenters. The summed E-state index contributed by atoms with van der Waals surface area (Å²) >= 11 is 7.77. The zero-order valence-electron chi connectivity index (χ0n) is 31.7. The summed E-state index contributed by atoms with van der Waals surface area (Å²) in [6.45, 7) is 28.3. The molecule has 0 amide bonds. The molecule has 5 aromatic carbocycles. The molecule has 0 aromatic heterocycles. The van der Waals surface area contributed by atoms with E-state index in [0.717, 1.165) is 74.0 Å². The van der Waals surface area contributed by atoms with Crippen molar-refractivity contribution in [1.29, 1.82) is 0 Å². The van der Waals surface area contributed by atoms with Crippen molar-refractivity contribution in [1.82, 2.24) is 0 Å². The SMILES string of the molecule is CC(C)[Si](C#Cc1cc2c(=C(Br)Br)c3cccc4c(C#C[Si](C(C)C)(C(C)C)C(C)C)cc5c(c43)c2c2c(cccc12)C5=O)(C(C)C)C(C)C. The van der Waals surface area contributed by atoms with Crippen LogP contribution in [-0.2, 0) is 0 Å². The van der Waals surface area contributed by atoms with Gasteiger partial charge in [0.05, 0.1) is 3.39 Å². The van der Waals surface area contributed by atoms with Crippen LogP contribution in [0.15, 0.2) is 48.5 Å². The van der Waals surface area contributed by atoms with Gasteiger partial charge >= 0.3 is 0 Å². The van der Waals surface area contributed by atoms with Crippen LogP contribution < -0.4 is 5.22 Å². The van der Waals surface area contributed by atoms with Crippen molar-refractivity contribution in [3.05, 3.63) is 76.0 Å². The van der Waals surface area contributed by atoms with E-state index >= 15 is 0 Å². The van der Waals surface area contributed by atoms with Crippen LogP contribution in [0, 0.1) is 22.9 Å². The fourth-order valence-corrected chi connectivity index (χ4v) is 21.4. The molecule has 5 heteroatoms. The first kappa shape index (κ1) is 37.1. The number of rotatable bonds is 6. The Morgan fingerprint density at radius 2 is 0.960 bits per heavy atom. The normalized spacial score (nSPS) is 13.4. The van der Waals surface area contributed by atoms with E-state index in [2.05, 4.69) is 174 Å². The molecule has 50 heavy (non-hydrogen) atoms. The number of ketones is 1. The van der Waals surface area contributed by atoms with E-state index in [0.29, 0.717) is 33.2 Å². The summed E-state index contributed by atoms with van der Waals surface area (Å²) in [5, 5.41) is 9.83. The first-order valence-corrected chi connectivity index (χ1v) is 24.4. The summed E-state index contributed by atoms with van der Waals surface area (Å²) in [5.74, 6) is 7.63. The van der Waals surface area contributed by atoms with Crippen LogP contribution >= 0.6 is 31.9 Å². The van der Waals surface area contributed by atoms with Crippen molar-refractivity contribution in [3.63, 3.8) is 0 Å². The predicted molar refractivity (Wildman–Crippen MR) is 232 cm³/mol. The fourth-order valence-electron chi connectivity index (χ4n) is 10.2. The third-order valence-corrected chi connectivity index (χ3v) is 25.7. The monoisotopic (exact) mass is 820 g/mol. The minimum atomic E-state index is -2.01. The van der Waals surface area contributed by atoms with Crippen molar-refractivity contribution in [3.8, 4) is 22.9 Å². The standard InChI is InChI=1S/C45H50Br2OSi2/c1-25(2)49(26(3)4,27(5)6)21-19-31-23-37-41(45(46)47)35-17-13-15-33-32(20-22-50(28(7)8,29(9)10)30(11)12)24-38-43(39(33)35)42(37)40-34(31)16-14-18-36(40)44(38)48/h13-18,23-30H,1-12H3. The van der Waals surface area contributed by atoms with Gasteiger partial charge in [0, 0.05) is 38.2 Å². The molecule has 5 aromatic rings. The molecule has 0 bridgehead atoms. The number of carbonyl (C=O) groups is 1. The Bertz CT molecular complexity index is 2360. The zero-order chi connectivity index (χ0) is 36.6. The number of carbonyl (C=O) groups excluding carboxylic acids is 1. The van der Waals surface area contributed by atoms with Crippen LogP contribution in [0.3, 0.4) is 0 Å². The first-order valence-electron chi connectivity index (χ1n) is 18.4. The van der Waals surface area contributed by atoms with Gasteiger partial charge in [0.1, 0.15) is 16.1 Å². The number of halogens is 2. The molecule has 0 spiro atoms. The van der Waals surface area contributed by atoms with E-state index in [1.807, 2.05) is 12.1 Å². The second-order valence-electron chi connectivity index (χ2n) is 16.4. The smallest absolute Gasteiger partial charge is 0.194 e. The van der Waals surface area contributed by atoms with Crippen molar-refractivity contribution < 1.29 is 4.79 Å². The first-order chi connectivity index (χ1) is 23.5. The number of hydrogen-bond donors (Lipinski definition) is 0. The molecule has 0 aliphatic heterocycles. The van der Waals surface area contributed by atoms with Gasteiger partial charge in [-0.15, -0.1) is 11.1 Å². The van der Waals surface area contributed by atoms with Gasteiger partial charge in [-0.25, -0.2) is 0 Å². The minimum absolute atomic E-state index is 0.0783. The number of benzene rings is 5. The van der Waals surface area contributed by atoms with Gasteiger partial charge in [-0.1, -0.05) is 131 Å². The van der Waals surface area contributed by atoms with Gasteiger partial charge in [0.25, 0.3) is 0 Å². The lowest BCUT2D eigenvalue weighted by Gasteiger charge is -2.38. The van der Waals surface area contributed by atoms with Crippen LogP contribution in [0.5, 0.6) is 0 Å². The van der Waals surface area contributed by atoms with E-state index < -0.39 is 16.1 Å². The van der Waals surface area contributed by atoms with Crippen LogP contribution in [0.2, 0.25) is 33.2 Å². The topological polar surface area (TPSA) is 17.1 Å². The average molecular weight is 823 g/mol. The maximum atomic E-state index is 14.8. The third-order valence-electron chi connectivity index (χ3n) is 12.4. The zero-order valence-corrected chi connectivity index (χ0v) is 36.9. The van der Waals surface area contributed by atoms with Crippen molar-refractivity contribution in [2.75, 3.05) is 0 Å². The Labute approximate surface area is 318 Å². The molecular weight excluding hydrogens is 772 g/mol. The summed E-state index contributed by atoms with van der Waals surface area (Å²) in [6.07, 6.45) is 0. The van der Waals surface area contributed by atoms with E-state index in [-0.39, 0.29) is 5.78 Å². The average Bonchev–Trinajstić information content (AvgIpc) is 3.03. The molecule has 0 atom stereocenters. The third kappa shape index (κ3) is 5.32. The molecule has 0 N–H and O–H groups in total. The quantitative estimate of drug-likeness (QED) is 0.0708. The van der Waals surface area contributed by atoms with E-state index in [9.17, 15) is 4.79 Å². The van der Waals surface area contributed by atoms with Gasteiger partial charge in [-0.2, -0.15) is 0 Å². The molecule has 0 saturated heterocycles. The second kappa shape index (κ2) is 13.4. The Hall–Kier alpha value is -2.68. The van der Waals surface area contributed by atoms with Crippen molar-refractivity contribution in [2.24, 2.45) is 0 Å². The van der Waals surface area contributed by atoms with Gasteiger partial charge in [0.2, 0.25) is 0 Å². The van der Waals surface area contributed by atoms with E-state index in [1.54, 1.807) is 0 Å². The molecule has 1 nitrogen and oxygen atoms in total. The summed E-state index contributed by atoms with van der Waals surface area (Å²) in [6, 6.07) is 17.2. The second-order valence-corrected chi connectivity index (χ2v) is 30.2. The molecule has 258 valence electrons. The maximum Gasteiger partial charge on any atom is 0.194 e. The van der Waals surface area contributed by atoms with Gasteiger partial charge < -0.3 is 0 Å². The Morgan fingerprint density at radius 3 is 1.44 bits per heavy atom. The summed E-state index contributed by atoms with van der Waals surface area (Å²) in [5.41, 5.74) is 14.6. The Kier molecular flexibility index (Phi) is 9.93. The fraction of sp³-hybridized carbons (Fsp3) is 0.400. The van der Waals surface area contributed by atoms with Gasteiger partial charge in [0.15, 0.2) is 5.78 Å². The lowest BCUT2D eigenvalue weighted by Crippen LogP contribution is -2.43. The van der Waals surface area contributed by atoms with Gasteiger partial charge in [-0.3, -0.25) is 4.79 Å². The molecule has 1 aliphatic carbocycles. The van der Waals surface area contributed by atoms with Crippen LogP contribution in [0.25, 0.3) is 46.5 Å². The largest absolute Gasteiger partial charge is 0.289 e. The lowest BCUT2D eigenvalue weighted by molar-refractivity contribution is 0.104. The highest BCUT2D eigenvalue weighted by molar-refractivity contribution is 9.33. The summed E-state index contributed by atoms with van der Waals surface area (Å²) in [7, 11) is -4.01. The summed E-state index contributed by atoms with van der Waals surface area (Å²) in [4.78, 5) is 14.8. The maximum absolute atomic E-state index is 14.8. The van der Waals surface area contributed by atoms with Crippen LogP contribution in [-0.4, -0.2) is 21.9 Å². The summed E-state index contributed by atoms with van der Waals surface area (Å²) < 4.78 is 0.895. The highest BCUT2D eigenvalue weighted by atomic mass is 79.9. The highest BCUT2D eigenvalue weighted by Crippen LogP contribution is 2.46. The molecule has 6 rings (SSSR count). The minimum Gasteiger partial charge on any atom is -0.289 e. The predicted octanol–water partition coefficient (Wildman–Crippen LogP) is 13.6. The van der Waals surface area contributed by atoms with Gasteiger partial charge in [-0.05, 0) is 110 Å². The molecule has 0 heterocycles. The molecule has 0 saturated carbocycles. The van der Waals surface area contributed by atoms with E-state index in [1.165, 1.54) is 0 Å².